The quantitative estimate of drug-likeness (QED) is 0.867. The molecule has 2 heterocycles. The lowest BCUT2D eigenvalue weighted by atomic mass is 9.84. The van der Waals surface area contributed by atoms with Crippen LogP contribution in [-0.2, 0) is 9.59 Å². The first-order chi connectivity index (χ1) is 13.2. The molecule has 27 heavy (non-hydrogen) atoms. The van der Waals surface area contributed by atoms with Crippen molar-refractivity contribution in [3.05, 3.63) is 42.5 Å². The van der Waals surface area contributed by atoms with Crippen LogP contribution in [0.2, 0.25) is 0 Å². The molecule has 1 aromatic rings. The number of amides is 1. The third-order valence-electron chi connectivity index (χ3n) is 5.93. The summed E-state index contributed by atoms with van der Waals surface area (Å²) in [6.45, 7) is 0.601. The smallest absolute Gasteiger partial charge is 0.248 e. The maximum Gasteiger partial charge on any atom is 0.248 e. The molecule has 0 radical (unpaired) electrons. The summed E-state index contributed by atoms with van der Waals surface area (Å²) >= 11 is 0. The van der Waals surface area contributed by atoms with Crippen molar-refractivity contribution < 1.29 is 9.59 Å². The molecular formula is C21H26N4O2. The molecule has 1 fully saturated rings. The highest BCUT2D eigenvalue weighted by atomic mass is 16.2. The zero-order valence-corrected chi connectivity index (χ0v) is 15.5. The zero-order chi connectivity index (χ0) is 18.6. The Balaban J connectivity index is 1.52. The minimum atomic E-state index is -0.283. The molecule has 1 N–H and O–H groups in total. The predicted octanol–water partition coefficient (Wildman–Crippen LogP) is 3.10. The second kappa shape index (κ2) is 8.03. The number of carbonyl (C=O) groups excluding carboxylic acids is 2. The van der Waals surface area contributed by atoms with Gasteiger partial charge in [-0.05, 0) is 17.9 Å². The first-order valence-electron chi connectivity index (χ1n) is 9.94. The van der Waals surface area contributed by atoms with Crippen LogP contribution in [0.25, 0.3) is 0 Å². The summed E-state index contributed by atoms with van der Waals surface area (Å²) in [5, 5.41) is 2.91. The molecule has 6 nitrogen and oxygen atoms in total. The van der Waals surface area contributed by atoms with Crippen LogP contribution in [0.15, 0.2) is 42.5 Å². The number of nitrogens with one attached hydrogen (secondary N) is 1. The van der Waals surface area contributed by atoms with Gasteiger partial charge in [-0.15, -0.1) is 0 Å². The van der Waals surface area contributed by atoms with E-state index in [1.54, 1.807) is 18.6 Å². The summed E-state index contributed by atoms with van der Waals surface area (Å²) in [4.78, 5) is 35.6. The number of aromatic nitrogens is 2. The van der Waals surface area contributed by atoms with E-state index in [1.807, 2.05) is 18.4 Å². The highest BCUT2D eigenvalue weighted by Crippen LogP contribution is 2.34. The number of rotatable bonds is 5. The van der Waals surface area contributed by atoms with Gasteiger partial charge in [-0.2, -0.15) is 0 Å². The maximum atomic E-state index is 13.1. The first kappa shape index (κ1) is 17.9. The molecule has 0 aromatic carbocycles. The van der Waals surface area contributed by atoms with Crippen LogP contribution in [0.3, 0.4) is 0 Å². The number of ketones is 1. The van der Waals surface area contributed by atoms with Crippen molar-refractivity contribution in [3.8, 4) is 0 Å². The Hall–Kier alpha value is -2.50. The number of hydrogen-bond donors (Lipinski definition) is 1. The van der Waals surface area contributed by atoms with Crippen LogP contribution < -0.4 is 5.32 Å². The average Bonchev–Trinajstić information content (AvgIpc) is 3.13. The lowest BCUT2D eigenvalue weighted by Crippen LogP contribution is -2.43. The fraction of sp³-hybridized carbons (Fsp3) is 0.524. The van der Waals surface area contributed by atoms with Crippen molar-refractivity contribution in [2.45, 2.75) is 51.0 Å². The Morgan fingerprint density at radius 1 is 1.26 bits per heavy atom. The van der Waals surface area contributed by atoms with Gasteiger partial charge in [0.1, 0.15) is 11.8 Å². The van der Waals surface area contributed by atoms with Gasteiger partial charge in [0, 0.05) is 31.6 Å². The monoisotopic (exact) mass is 366 g/mol. The summed E-state index contributed by atoms with van der Waals surface area (Å²) in [5.74, 6) is 1.12. The van der Waals surface area contributed by atoms with Gasteiger partial charge >= 0.3 is 0 Å². The van der Waals surface area contributed by atoms with E-state index in [-0.39, 0.29) is 23.7 Å². The third kappa shape index (κ3) is 4.10. The number of carbonyl (C=O) groups is 2. The Labute approximate surface area is 159 Å². The normalized spacial score (nSPS) is 23.7. The summed E-state index contributed by atoms with van der Waals surface area (Å²) in [6, 6.07) is -0.283. The number of allylic oxidation sites excluding steroid dienone is 2. The standard InChI is InChI=1S/C21H26N4O2/c26-19-8-4-7-16-13-25(14-17(16)19)18(11-15-5-2-1-3-6-15)21(27)24-20-12-22-9-10-23-20/h4,7,9-10,12-13,15,17-18H,1-3,5-6,8,11,14H2,(H,23,24,27)/t17?,18-/m0/s1. The van der Waals surface area contributed by atoms with E-state index in [1.165, 1.54) is 32.1 Å². The summed E-state index contributed by atoms with van der Waals surface area (Å²) in [6.07, 6.45) is 18.1. The molecule has 2 atom stereocenters. The van der Waals surface area contributed by atoms with Gasteiger partial charge in [0.2, 0.25) is 5.91 Å². The second-order valence-corrected chi connectivity index (χ2v) is 7.79. The van der Waals surface area contributed by atoms with E-state index in [0.29, 0.717) is 24.7 Å². The predicted molar refractivity (Wildman–Crippen MR) is 103 cm³/mol. The molecule has 142 valence electrons. The molecule has 0 bridgehead atoms. The molecular weight excluding hydrogens is 340 g/mol. The average molecular weight is 366 g/mol. The number of hydrogen-bond acceptors (Lipinski definition) is 5. The first-order valence-corrected chi connectivity index (χ1v) is 9.94. The third-order valence-corrected chi connectivity index (χ3v) is 5.93. The molecule has 1 amide bonds. The number of Topliss-reactive ketones (excluding diaryl/α,β-unsaturated/α-hetero) is 1. The van der Waals surface area contributed by atoms with E-state index in [2.05, 4.69) is 20.2 Å². The Morgan fingerprint density at radius 3 is 2.85 bits per heavy atom. The minimum absolute atomic E-state index is 0.0620. The number of fused-ring (bicyclic) bond motifs is 1. The Kier molecular flexibility index (Phi) is 5.32. The van der Waals surface area contributed by atoms with E-state index in [9.17, 15) is 9.59 Å². The molecule has 3 aliphatic rings. The van der Waals surface area contributed by atoms with Crippen molar-refractivity contribution in [3.63, 3.8) is 0 Å². The molecule has 1 aromatic heterocycles. The van der Waals surface area contributed by atoms with Crippen molar-refractivity contribution in [1.29, 1.82) is 0 Å². The van der Waals surface area contributed by atoms with E-state index >= 15 is 0 Å². The summed E-state index contributed by atoms with van der Waals surface area (Å²) in [5.41, 5.74) is 1.03. The lowest BCUT2D eigenvalue weighted by molar-refractivity contribution is -0.123. The van der Waals surface area contributed by atoms with Gasteiger partial charge in [-0.25, -0.2) is 4.98 Å². The van der Waals surface area contributed by atoms with Gasteiger partial charge in [0.15, 0.2) is 5.82 Å². The van der Waals surface area contributed by atoms with Crippen molar-refractivity contribution in [2.75, 3.05) is 11.9 Å². The molecule has 4 rings (SSSR count). The fourth-order valence-corrected chi connectivity index (χ4v) is 4.47. The van der Waals surface area contributed by atoms with Gasteiger partial charge in [0.25, 0.3) is 0 Å². The summed E-state index contributed by atoms with van der Waals surface area (Å²) in [7, 11) is 0. The highest BCUT2D eigenvalue weighted by Gasteiger charge is 2.37. The van der Waals surface area contributed by atoms with Crippen LogP contribution >= 0.6 is 0 Å². The van der Waals surface area contributed by atoms with Gasteiger partial charge < -0.3 is 10.2 Å². The van der Waals surface area contributed by atoms with Crippen LogP contribution in [0, 0.1) is 11.8 Å². The Bertz CT molecular complexity index is 753. The molecule has 0 saturated heterocycles. The highest BCUT2D eigenvalue weighted by molar-refractivity contribution is 5.94. The molecule has 6 heteroatoms. The number of anilines is 1. The van der Waals surface area contributed by atoms with E-state index in [0.717, 1.165) is 12.0 Å². The molecule has 1 aliphatic heterocycles. The topological polar surface area (TPSA) is 75.2 Å². The summed E-state index contributed by atoms with van der Waals surface area (Å²) < 4.78 is 0. The maximum absolute atomic E-state index is 13.1. The lowest BCUT2D eigenvalue weighted by Gasteiger charge is -2.32. The van der Waals surface area contributed by atoms with Crippen molar-refractivity contribution in [1.82, 2.24) is 14.9 Å². The van der Waals surface area contributed by atoms with Crippen molar-refractivity contribution in [2.24, 2.45) is 11.8 Å². The molecule has 0 spiro atoms. The fourth-order valence-electron chi connectivity index (χ4n) is 4.47. The number of nitrogens with zero attached hydrogens (tertiary/aromatic N) is 3. The SMILES string of the molecule is O=C1CC=CC2=CN([C@@H](CC3CCCCC3)C(=O)Nc3cnccn3)CC12. The van der Waals surface area contributed by atoms with Crippen LogP contribution in [0.1, 0.15) is 44.9 Å². The van der Waals surface area contributed by atoms with E-state index in [4.69, 9.17) is 0 Å². The largest absolute Gasteiger partial charge is 0.364 e. The molecule has 1 unspecified atom stereocenters. The molecule has 2 aliphatic carbocycles. The van der Waals surface area contributed by atoms with Gasteiger partial charge in [-0.1, -0.05) is 44.3 Å². The van der Waals surface area contributed by atoms with E-state index < -0.39 is 0 Å². The van der Waals surface area contributed by atoms with Crippen molar-refractivity contribution >= 4 is 17.5 Å². The molecule has 1 saturated carbocycles. The van der Waals surface area contributed by atoms with Crippen LogP contribution in [0.5, 0.6) is 0 Å². The van der Waals surface area contributed by atoms with Crippen LogP contribution in [-0.4, -0.2) is 39.1 Å². The second-order valence-electron chi connectivity index (χ2n) is 7.79. The van der Waals surface area contributed by atoms with Gasteiger partial charge in [0.05, 0.1) is 12.1 Å². The zero-order valence-electron chi connectivity index (χ0n) is 15.5. The Morgan fingerprint density at radius 2 is 2.11 bits per heavy atom. The van der Waals surface area contributed by atoms with Gasteiger partial charge in [-0.3, -0.25) is 14.6 Å². The minimum Gasteiger partial charge on any atom is -0.364 e. The van der Waals surface area contributed by atoms with Crippen LogP contribution in [0.4, 0.5) is 5.82 Å².